The zero-order chi connectivity index (χ0) is 14.6. The molecule has 1 aliphatic carbocycles. The average Bonchev–Trinajstić information content (AvgIpc) is 3.18. The molecule has 20 heavy (non-hydrogen) atoms. The summed E-state index contributed by atoms with van der Waals surface area (Å²) in [6.45, 7) is 0.469. The Hall–Kier alpha value is -1.56. The number of alkyl halides is 3. The van der Waals surface area contributed by atoms with Crippen molar-refractivity contribution in [2.45, 2.75) is 38.0 Å². The highest BCUT2D eigenvalue weighted by atomic mass is 19.4. The van der Waals surface area contributed by atoms with Crippen LogP contribution in [0.5, 0.6) is 0 Å². The molecule has 2 N–H and O–H groups in total. The number of carbonyl (C=O) groups is 1. The SMILES string of the molecule is O=C(CCNCc1ccccc1C(F)(F)F)NC1CC1. The predicted molar refractivity (Wildman–Crippen MR) is 68.9 cm³/mol. The van der Waals surface area contributed by atoms with Crippen LogP contribution >= 0.6 is 0 Å². The summed E-state index contributed by atoms with van der Waals surface area (Å²) in [5, 5.41) is 5.71. The van der Waals surface area contributed by atoms with Gasteiger partial charge >= 0.3 is 6.18 Å². The maximum Gasteiger partial charge on any atom is 0.416 e. The van der Waals surface area contributed by atoms with Crippen LogP contribution in [0.4, 0.5) is 13.2 Å². The third-order valence-corrected chi connectivity index (χ3v) is 3.11. The van der Waals surface area contributed by atoms with E-state index in [1.54, 1.807) is 6.07 Å². The first-order valence-corrected chi connectivity index (χ1v) is 6.62. The molecule has 110 valence electrons. The van der Waals surface area contributed by atoms with Gasteiger partial charge in [0.05, 0.1) is 5.56 Å². The standard InChI is InChI=1S/C14H17F3N2O/c15-14(16,17)12-4-2-1-3-10(12)9-18-8-7-13(20)19-11-5-6-11/h1-4,11,18H,5-9H2,(H,19,20). The quantitative estimate of drug-likeness (QED) is 0.789. The first-order valence-electron chi connectivity index (χ1n) is 6.62. The molecule has 1 aromatic rings. The van der Waals surface area contributed by atoms with Gasteiger partial charge in [0, 0.05) is 25.6 Å². The van der Waals surface area contributed by atoms with E-state index in [0.29, 0.717) is 12.6 Å². The topological polar surface area (TPSA) is 41.1 Å². The second kappa shape index (κ2) is 6.26. The number of nitrogens with one attached hydrogen (secondary N) is 2. The molecule has 3 nitrogen and oxygen atoms in total. The van der Waals surface area contributed by atoms with E-state index >= 15 is 0 Å². The van der Waals surface area contributed by atoms with E-state index in [1.165, 1.54) is 12.1 Å². The summed E-state index contributed by atoms with van der Waals surface area (Å²) in [6, 6.07) is 5.77. The molecule has 1 aliphatic rings. The molecule has 2 rings (SSSR count). The highest BCUT2D eigenvalue weighted by Gasteiger charge is 2.32. The Balaban J connectivity index is 1.77. The zero-order valence-corrected chi connectivity index (χ0v) is 11.0. The fourth-order valence-corrected chi connectivity index (χ4v) is 1.90. The third kappa shape index (κ3) is 4.52. The summed E-state index contributed by atoms with van der Waals surface area (Å²) < 4.78 is 38.2. The molecule has 0 bridgehead atoms. The lowest BCUT2D eigenvalue weighted by Crippen LogP contribution is -2.29. The maximum absolute atomic E-state index is 12.7. The van der Waals surface area contributed by atoms with Crippen molar-refractivity contribution in [2.75, 3.05) is 6.54 Å². The van der Waals surface area contributed by atoms with E-state index in [4.69, 9.17) is 0 Å². The minimum atomic E-state index is -4.35. The predicted octanol–water partition coefficient (Wildman–Crippen LogP) is 2.46. The van der Waals surface area contributed by atoms with Gasteiger partial charge in [0.1, 0.15) is 0 Å². The lowest BCUT2D eigenvalue weighted by Gasteiger charge is -2.13. The number of halogens is 3. The second-order valence-corrected chi connectivity index (χ2v) is 4.92. The molecule has 0 radical (unpaired) electrons. The van der Waals surface area contributed by atoms with Crippen LogP contribution in [-0.2, 0) is 17.5 Å². The van der Waals surface area contributed by atoms with Gasteiger partial charge in [0.15, 0.2) is 0 Å². The molecule has 0 aromatic heterocycles. The van der Waals surface area contributed by atoms with Gasteiger partial charge in [0.2, 0.25) is 5.91 Å². The van der Waals surface area contributed by atoms with Crippen LogP contribution < -0.4 is 10.6 Å². The van der Waals surface area contributed by atoms with Crippen molar-refractivity contribution in [1.29, 1.82) is 0 Å². The summed E-state index contributed by atoms with van der Waals surface area (Å²) in [6.07, 6.45) is -2.01. The van der Waals surface area contributed by atoms with Crippen LogP contribution in [0.15, 0.2) is 24.3 Å². The lowest BCUT2D eigenvalue weighted by molar-refractivity contribution is -0.138. The lowest BCUT2D eigenvalue weighted by atomic mass is 10.1. The van der Waals surface area contributed by atoms with Crippen LogP contribution in [0.3, 0.4) is 0 Å². The average molecular weight is 286 g/mol. The monoisotopic (exact) mass is 286 g/mol. The van der Waals surface area contributed by atoms with E-state index in [2.05, 4.69) is 10.6 Å². The van der Waals surface area contributed by atoms with E-state index in [1.807, 2.05) is 0 Å². The number of hydrogen-bond donors (Lipinski definition) is 2. The summed E-state index contributed by atoms with van der Waals surface area (Å²) >= 11 is 0. The van der Waals surface area contributed by atoms with Gasteiger partial charge in [-0.25, -0.2) is 0 Å². The third-order valence-electron chi connectivity index (χ3n) is 3.11. The minimum absolute atomic E-state index is 0.0518. The Morgan fingerprint density at radius 1 is 1.25 bits per heavy atom. The summed E-state index contributed by atoms with van der Waals surface area (Å²) in [5.74, 6) is -0.0518. The van der Waals surface area contributed by atoms with Crippen molar-refractivity contribution < 1.29 is 18.0 Å². The van der Waals surface area contributed by atoms with Crippen molar-refractivity contribution in [2.24, 2.45) is 0 Å². The van der Waals surface area contributed by atoms with Gasteiger partial charge in [0.25, 0.3) is 0 Å². The molecule has 1 saturated carbocycles. The van der Waals surface area contributed by atoms with Crippen molar-refractivity contribution in [3.05, 3.63) is 35.4 Å². The summed E-state index contributed by atoms with van der Waals surface area (Å²) in [5.41, 5.74) is -0.433. The van der Waals surface area contributed by atoms with E-state index in [0.717, 1.165) is 18.9 Å². The number of carbonyl (C=O) groups excluding carboxylic acids is 1. The van der Waals surface area contributed by atoms with E-state index in [9.17, 15) is 18.0 Å². The van der Waals surface area contributed by atoms with Crippen molar-refractivity contribution in [1.82, 2.24) is 10.6 Å². The van der Waals surface area contributed by atoms with Crippen LogP contribution in [-0.4, -0.2) is 18.5 Å². The van der Waals surface area contributed by atoms with Gasteiger partial charge in [-0.05, 0) is 24.5 Å². The van der Waals surface area contributed by atoms with Crippen LogP contribution in [0.25, 0.3) is 0 Å². The number of benzene rings is 1. The normalized spacial score (nSPS) is 15.2. The number of amides is 1. The molecule has 1 fully saturated rings. The Bertz CT molecular complexity index is 470. The second-order valence-electron chi connectivity index (χ2n) is 4.92. The zero-order valence-electron chi connectivity index (χ0n) is 11.0. The number of rotatable bonds is 6. The molecule has 0 heterocycles. The Labute approximate surface area is 115 Å². The molecule has 0 saturated heterocycles. The van der Waals surface area contributed by atoms with Crippen LogP contribution in [0.1, 0.15) is 30.4 Å². The van der Waals surface area contributed by atoms with Crippen molar-refractivity contribution in [3.8, 4) is 0 Å². The van der Waals surface area contributed by atoms with Gasteiger partial charge in [-0.15, -0.1) is 0 Å². The van der Waals surface area contributed by atoms with E-state index < -0.39 is 11.7 Å². The van der Waals surface area contributed by atoms with Gasteiger partial charge in [-0.3, -0.25) is 4.79 Å². The fourth-order valence-electron chi connectivity index (χ4n) is 1.90. The highest BCUT2D eigenvalue weighted by Crippen LogP contribution is 2.31. The maximum atomic E-state index is 12.7. The largest absolute Gasteiger partial charge is 0.416 e. The van der Waals surface area contributed by atoms with Gasteiger partial charge < -0.3 is 10.6 Å². The molecule has 0 spiro atoms. The van der Waals surface area contributed by atoms with E-state index in [-0.39, 0.29) is 24.4 Å². The number of hydrogen-bond acceptors (Lipinski definition) is 2. The smallest absolute Gasteiger partial charge is 0.353 e. The molecule has 0 unspecified atom stereocenters. The molecule has 0 atom stereocenters. The summed E-state index contributed by atoms with van der Waals surface area (Å²) in [7, 11) is 0. The molecular formula is C14H17F3N2O. The molecular weight excluding hydrogens is 269 g/mol. The Morgan fingerprint density at radius 3 is 2.60 bits per heavy atom. The Morgan fingerprint density at radius 2 is 1.95 bits per heavy atom. The summed E-state index contributed by atoms with van der Waals surface area (Å²) in [4.78, 5) is 11.4. The first kappa shape index (κ1) is 14.8. The Kier molecular flexibility index (Phi) is 4.65. The van der Waals surface area contributed by atoms with Crippen LogP contribution in [0, 0.1) is 0 Å². The first-order chi connectivity index (χ1) is 9.47. The molecule has 1 aromatic carbocycles. The molecule has 1 amide bonds. The van der Waals surface area contributed by atoms with Crippen LogP contribution in [0.2, 0.25) is 0 Å². The van der Waals surface area contributed by atoms with Crippen molar-refractivity contribution in [3.63, 3.8) is 0 Å². The fraction of sp³-hybridized carbons (Fsp3) is 0.500. The minimum Gasteiger partial charge on any atom is -0.353 e. The molecule has 6 heteroatoms. The van der Waals surface area contributed by atoms with Gasteiger partial charge in [-0.1, -0.05) is 18.2 Å². The van der Waals surface area contributed by atoms with Crippen molar-refractivity contribution >= 4 is 5.91 Å². The highest BCUT2D eigenvalue weighted by molar-refractivity contribution is 5.76. The molecule has 0 aliphatic heterocycles. The van der Waals surface area contributed by atoms with Gasteiger partial charge in [-0.2, -0.15) is 13.2 Å².